The van der Waals surface area contributed by atoms with Crippen LogP contribution in [-0.2, 0) is 0 Å². The van der Waals surface area contributed by atoms with E-state index in [1.807, 2.05) is 58.4 Å². The first-order valence-corrected chi connectivity index (χ1v) is 7.80. The van der Waals surface area contributed by atoms with E-state index in [0.29, 0.717) is 6.32 Å². The molecule has 1 aromatic heterocycles. The number of aryl methyl sites for hydroxylation is 1. The van der Waals surface area contributed by atoms with Gasteiger partial charge in [-0.25, -0.2) is 14.4 Å². The number of alkyl halides is 1. The molecule has 0 aliphatic heterocycles. The lowest BCUT2D eigenvalue weighted by atomic mass is 9.65. The van der Waals surface area contributed by atoms with Gasteiger partial charge in [0.05, 0.1) is 11.9 Å². The third kappa shape index (κ3) is 4.65. The van der Waals surface area contributed by atoms with Crippen LogP contribution in [0.25, 0.3) is 6.08 Å². The molecule has 2 rings (SSSR count). The minimum absolute atomic E-state index is 0.394. The normalized spacial score (nSPS) is 12.4. The van der Waals surface area contributed by atoms with Crippen LogP contribution < -0.4 is 10.8 Å². The summed E-state index contributed by atoms with van der Waals surface area (Å²) < 4.78 is 13.2. The molecule has 0 amide bonds. The van der Waals surface area contributed by atoms with Gasteiger partial charge >= 0.3 is 0 Å². The van der Waals surface area contributed by atoms with E-state index in [2.05, 4.69) is 15.3 Å². The number of benzene rings is 1. The van der Waals surface area contributed by atoms with Gasteiger partial charge in [-0.3, -0.25) is 0 Å². The molecule has 0 saturated heterocycles. The first-order chi connectivity index (χ1) is 11.0. The number of anilines is 2. The fraction of sp³-hybridized carbons (Fsp3) is 0.333. The number of allylic oxidation sites excluding steroid dienone is 1. The number of aromatic nitrogens is 2. The van der Waals surface area contributed by atoms with Crippen LogP contribution in [0.4, 0.5) is 15.9 Å². The molecule has 1 heterocycles. The highest BCUT2D eigenvalue weighted by molar-refractivity contribution is 6.55. The van der Waals surface area contributed by atoms with Crippen molar-refractivity contribution < 1.29 is 4.39 Å². The summed E-state index contributed by atoms with van der Waals surface area (Å²) in [5.41, 5.74) is 4.92. The molecule has 1 aromatic carbocycles. The van der Waals surface area contributed by atoms with Crippen molar-refractivity contribution in [2.24, 2.45) is 0 Å². The van der Waals surface area contributed by atoms with Crippen LogP contribution in [0.5, 0.6) is 0 Å². The number of hydrogen-bond acceptors (Lipinski definition) is 3. The Morgan fingerprint density at radius 2 is 2.09 bits per heavy atom. The van der Waals surface area contributed by atoms with Crippen molar-refractivity contribution in [1.29, 1.82) is 0 Å². The van der Waals surface area contributed by atoms with Crippen molar-refractivity contribution in [2.45, 2.75) is 40.2 Å². The van der Waals surface area contributed by atoms with Crippen molar-refractivity contribution in [3.8, 4) is 0 Å². The van der Waals surface area contributed by atoms with Gasteiger partial charge in [0.1, 0.15) is 12.1 Å². The molecular formula is C18H22BFN3. The second-order valence-electron chi connectivity index (χ2n) is 5.67. The van der Waals surface area contributed by atoms with Crippen LogP contribution in [0, 0.1) is 13.8 Å². The van der Waals surface area contributed by atoms with E-state index < -0.39 is 6.17 Å². The Labute approximate surface area is 138 Å². The monoisotopic (exact) mass is 310 g/mol. The lowest BCUT2D eigenvalue weighted by Crippen LogP contribution is -2.21. The topological polar surface area (TPSA) is 37.8 Å². The van der Waals surface area contributed by atoms with Gasteiger partial charge in [-0.15, -0.1) is 0 Å². The van der Waals surface area contributed by atoms with E-state index in [4.69, 9.17) is 0 Å². The summed E-state index contributed by atoms with van der Waals surface area (Å²) in [6, 6.07) is 6.08. The summed E-state index contributed by atoms with van der Waals surface area (Å²) >= 11 is 0. The van der Waals surface area contributed by atoms with E-state index in [1.54, 1.807) is 13.3 Å². The average molecular weight is 310 g/mol. The molecule has 119 valence electrons. The minimum Gasteiger partial charge on any atom is -0.340 e. The number of hydrogen-bond donors (Lipinski definition) is 1. The van der Waals surface area contributed by atoms with Gasteiger partial charge in [-0.2, -0.15) is 0 Å². The smallest absolute Gasteiger partial charge is 0.157 e. The fourth-order valence-corrected chi connectivity index (χ4v) is 2.30. The van der Waals surface area contributed by atoms with E-state index in [-0.39, 0.29) is 0 Å². The molecule has 1 unspecified atom stereocenters. The maximum atomic E-state index is 13.2. The van der Waals surface area contributed by atoms with E-state index in [1.165, 1.54) is 0 Å². The van der Waals surface area contributed by atoms with Crippen LogP contribution in [-0.4, -0.2) is 23.4 Å². The molecule has 2 aromatic rings. The predicted octanol–water partition coefficient (Wildman–Crippen LogP) is 3.98. The third-order valence-corrected chi connectivity index (χ3v) is 3.57. The standard InChI is InChI=1S/C18H22BFN3/c1-5-6-16-14(4)18(22-11-21-16)23-17-8-7-12(2)9-15(17)19-10-13(3)20/h5-9,11,13H,10H2,1-4H3,(H,21,22,23)/b6-5-. The van der Waals surface area contributed by atoms with Crippen molar-refractivity contribution in [2.75, 3.05) is 5.32 Å². The molecule has 5 heteroatoms. The molecule has 0 aliphatic carbocycles. The van der Waals surface area contributed by atoms with Gasteiger partial charge in [0.2, 0.25) is 0 Å². The van der Waals surface area contributed by atoms with Gasteiger partial charge < -0.3 is 5.32 Å². The zero-order valence-corrected chi connectivity index (χ0v) is 14.1. The SMILES string of the molecule is C/C=C\c1ncnc(Nc2ccc(C)cc2[B]CC(C)F)c1C. The zero-order valence-electron chi connectivity index (χ0n) is 14.1. The highest BCUT2D eigenvalue weighted by Gasteiger charge is 2.10. The summed E-state index contributed by atoms with van der Waals surface area (Å²) in [7, 11) is 1.92. The number of nitrogens with zero attached hydrogens (tertiary/aromatic N) is 2. The molecule has 0 saturated carbocycles. The molecule has 0 spiro atoms. The molecule has 23 heavy (non-hydrogen) atoms. The number of halogens is 1. The van der Waals surface area contributed by atoms with Gasteiger partial charge in [0, 0.05) is 11.3 Å². The van der Waals surface area contributed by atoms with Gasteiger partial charge in [-0.05, 0) is 46.2 Å². The van der Waals surface area contributed by atoms with Gasteiger partial charge in [0.25, 0.3) is 0 Å². The zero-order chi connectivity index (χ0) is 16.8. The summed E-state index contributed by atoms with van der Waals surface area (Å²) in [6.07, 6.45) is 4.99. The molecule has 1 atom stereocenters. The molecule has 3 nitrogen and oxygen atoms in total. The number of nitrogens with one attached hydrogen (secondary N) is 1. The first-order valence-electron chi connectivity index (χ1n) is 7.80. The maximum absolute atomic E-state index is 13.2. The predicted molar refractivity (Wildman–Crippen MR) is 96.7 cm³/mol. The van der Waals surface area contributed by atoms with Crippen LogP contribution >= 0.6 is 0 Å². The average Bonchev–Trinajstić information content (AvgIpc) is 2.51. The van der Waals surface area contributed by atoms with E-state index in [9.17, 15) is 4.39 Å². The summed E-state index contributed by atoms with van der Waals surface area (Å²) in [5, 5.41) is 3.35. The van der Waals surface area contributed by atoms with Crippen molar-refractivity contribution in [3.63, 3.8) is 0 Å². The highest BCUT2D eigenvalue weighted by Crippen LogP contribution is 2.20. The van der Waals surface area contributed by atoms with E-state index >= 15 is 0 Å². The quantitative estimate of drug-likeness (QED) is 0.820. The number of rotatable bonds is 6. The summed E-state index contributed by atoms with van der Waals surface area (Å²) in [6.45, 7) is 7.54. The summed E-state index contributed by atoms with van der Waals surface area (Å²) in [5.74, 6) is 0.764. The molecule has 0 aliphatic rings. The largest absolute Gasteiger partial charge is 0.340 e. The van der Waals surface area contributed by atoms with Crippen LogP contribution in [0.2, 0.25) is 6.32 Å². The Balaban J connectivity index is 2.31. The highest BCUT2D eigenvalue weighted by atomic mass is 19.1. The van der Waals surface area contributed by atoms with Gasteiger partial charge in [-0.1, -0.05) is 29.2 Å². The van der Waals surface area contributed by atoms with Crippen LogP contribution in [0.1, 0.15) is 30.7 Å². The second-order valence-corrected chi connectivity index (χ2v) is 5.67. The third-order valence-electron chi connectivity index (χ3n) is 3.57. The Kier molecular flexibility index (Phi) is 5.91. The lowest BCUT2D eigenvalue weighted by molar-refractivity contribution is 0.391. The van der Waals surface area contributed by atoms with Crippen LogP contribution in [0.15, 0.2) is 30.6 Å². The Hall–Kier alpha value is -2.17. The molecular weight excluding hydrogens is 288 g/mol. The molecule has 0 fully saturated rings. The summed E-state index contributed by atoms with van der Waals surface area (Å²) in [4.78, 5) is 8.60. The maximum Gasteiger partial charge on any atom is 0.157 e. The van der Waals surface area contributed by atoms with Crippen molar-refractivity contribution in [3.05, 3.63) is 47.4 Å². The van der Waals surface area contributed by atoms with Crippen LogP contribution in [0.3, 0.4) is 0 Å². The van der Waals surface area contributed by atoms with Gasteiger partial charge in [0.15, 0.2) is 7.28 Å². The van der Waals surface area contributed by atoms with Crippen molar-refractivity contribution in [1.82, 2.24) is 9.97 Å². The molecule has 1 radical (unpaired) electrons. The van der Waals surface area contributed by atoms with Crippen molar-refractivity contribution >= 4 is 30.3 Å². The Morgan fingerprint density at radius 1 is 1.30 bits per heavy atom. The Bertz CT molecular complexity index is 699. The lowest BCUT2D eigenvalue weighted by Gasteiger charge is -2.14. The first kappa shape index (κ1) is 17.2. The van der Waals surface area contributed by atoms with E-state index in [0.717, 1.165) is 33.8 Å². The molecule has 1 N–H and O–H groups in total. The fourth-order valence-electron chi connectivity index (χ4n) is 2.30. The molecule has 0 bridgehead atoms. The second kappa shape index (κ2) is 7.91. The minimum atomic E-state index is -0.856. The Morgan fingerprint density at radius 3 is 2.78 bits per heavy atom.